The van der Waals surface area contributed by atoms with Crippen LogP contribution in [0.3, 0.4) is 0 Å². The highest BCUT2D eigenvalue weighted by Gasteiger charge is 2.35. The van der Waals surface area contributed by atoms with Gasteiger partial charge in [-0.1, -0.05) is 37.0 Å². The van der Waals surface area contributed by atoms with E-state index in [-0.39, 0.29) is 38.7 Å². The molecule has 1 aromatic carbocycles. The second-order valence-electron chi connectivity index (χ2n) is 6.92. The number of nitrogens with zero attached hydrogens (tertiary/aromatic N) is 1. The zero-order valence-electron chi connectivity index (χ0n) is 15.1. The normalized spacial score (nSPS) is 18.5. The fraction of sp³-hybridized carbons (Fsp3) is 0.529. The fourth-order valence-electron chi connectivity index (χ4n) is 2.91. The Kier molecular flexibility index (Phi) is 6.99. The van der Waals surface area contributed by atoms with Gasteiger partial charge in [-0.25, -0.2) is 13.2 Å². The largest absolute Gasteiger partial charge is 0.452 e. The summed E-state index contributed by atoms with van der Waals surface area (Å²) in [7, 11) is -3.15. The van der Waals surface area contributed by atoms with Crippen LogP contribution in [0, 0.1) is 5.92 Å². The van der Waals surface area contributed by atoms with Gasteiger partial charge < -0.3 is 15.4 Å². The van der Waals surface area contributed by atoms with E-state index in [2.05, 4.69) is 0 Å². The van der Waals surface area contributed by atoms with Crippen LogP contribution in [-0.4, -0.2) is 55.9 Å². The molecule has 0 aromatic heterocycles. The zero-order chi connectivity index (χ0) is 20.4. The molecule has 0 bridgehead atoms. The van der Waals surface area contributed by atoms with Gasteiger partial charge in [-0.05, 0) is 24.5 Å². The second kappa shape index (κ2) is 8.67. The molecule has 10 heteroatoms. The number of ether oxygens (including phenoxy) is 1. The van der Waals surface area contributed by atoms with Crippen molar-refractivity contribution in [2.45, 2.75) is 26.3 Å². The van der Waals surface area contributed by atoms with Gasteiger partial charge in [-0.15, -0.1) is 0 Å². The predicted octanol–water partition coefficient (Wildman–Crippen LogP) is 2.40. The Balaban J connectivity index is 2.08. The van der Waals surface area contributed by atoms with E-state index in [4.69, 9.17) is 33.7 Å². The van der Waals surface area contributed by atoms with Gasteiger partial charge in [0, 0.05) is 17.6 Å². The molecule has 0 spiro atoms. The zero-order valence-corrected chi connectivity index (χ0v) is 17.4. The third-order valence-corrected chi connectivity index (χ3v) is 6.45. The van der Waals surface area contributed by atoms with Gasteiger partial charge in [-0.2, -0.15) is 0 Å². The van der Waals surface area contributed by atoms with E-state index in [0.29, 0.717) is 13.0 Å². The third kappa shape index (κ3) is 5.73. The minimum absolute atomic E-state index is 0.0134. The monoisotopic (exact) mass is 436 g/mol. The lowest BCUT2D eigenvalue weighted by molar-refractivity contribution is -0.137. The number of anilines is 1. The summed E-state index contributed by atoms with van der Waals surface area (Å²) in [4.78, 5) is 26.3. The van der Waals surface area contributed by atoms with E-state index in [1.54, 1.807) is 0 Å². The summed E-state index contributed by atoms with van der Waals surface area (Å²) in [5.74, 6) is -1.16. The van der Waals surface area contributed by atoms with Gasteiger partial charge in [0.05, 0.1) is 27.8 Å². The maximum absolute atomic E-state index is 12.6. The SMILES string of the molecule is CC(C)CN(C(=O)COC(=O)c1cc(Cl)cc(Cl)c1N)C1CCS(=O)(=O)C1. The highest BCUT2D eigenvalue weighted by molar-refractivity contribution is 7.91. The van der Waals surface area contributed by atoms with Gasteiger partial charge in [0.2, 0.25) is 0 Å². The summed E-state index contributed by atoms with van der Waals surface area (Å²) in [5.41, 5.74) is 5.75. The van der Waals surface area contributed by atoms with Crippen molar-refractivity contribution in [2.24, 2.45) is 5.92 Å². The summed E-state index contributed by atoms with van der Waals surface area (Å²) in [5, 5.41) is 0.323. The predicted molar refractivity (Wildman–Crippen MR) is 105 cm³/mol. The minimum Gasteiger partial charge on any atom is -0.452 e. The first-order chi connectivity index (χ1) is 12.5. The molecule has 150 valence electrons. The summed E-state index contributed by atoms with van der Waals surface area (Å²) in [6, 6.07) is 2.30. The molecule has 0 saturated carbocycles. The number of nitrogens with two attached hydrogens (primary N) is 1. The lowest BCUT2D eigenvalue weighted by atomic mass is 10.1. The van der Waals surface area contributed by atoms with Crippen molar-refractivity contribution in [2.75, 3.05) is 30.4 Å². The Morgan fingerprint density at radius 2 is 2.00 bits per heavy atom. The molecule has 1 aliphatic rings. The lowest BCUT2D eigenvalue weighted by Crippen LogP contribution is -2.45. The number of nitrogen functional groups attached to an aromatic ring is 1. The fourth-order valence-corrected chi connectivity index (χ4v) is 5.13. The molecule has 1 saturated heterocycles. The number of amides is 1. The van der Waals surface area contributed by atoms with Crippen molar-refractivity contribution in [3.8, 4) is 0 Å². The number of esters is 1. The van der Waals surface area contributed by atoms with Crippen LogP contribution in [0.25, 0.3) is 0 Å². The highest BCUT2D eigenvalue weighted by atomic mass is 35.5. The highest BCUT2D eigenvalue weighted by Crippen LogP contribution is 2.28. The molecule has 1 aromatic rings. The number of sulfone groups is 1. The van der Waals surface area contributed by atoms with Crippen LogP contribution in [0.2, 0.25) is 10.0 Å². The molecule has 2 N–H and O–H groups in total. The summed E-state index contributed by atoms with van der Waals surface area (Å²) in [6.07, 6.45) is 0.381. The van der Waals surface area contributed by atoms with Crippen molar-refractivity contribution >= 4 is 50.6 Å². The summed E-state index contributed by atoms with van der Waals surface area (Å²) >= 11 is 11.8. The van der Waals surface area contributed by atoms with Gasteiger partial charge in [0.15, 0.2) is 16.4 Å². The first-order valence-electron chi connectivity index (χ1n) is 8.41. The van der Waals surface area contributed by atoms with Gasteiger partial charge in [0.1, 0.15) is 0 Å². The lowest BCUT2D eigenvalue weighted by Gasteiger charge is -2.29. The quantitative estimate of drug-likeness (QED) is 0.541. The molecule has 2 rings (SSSR count). The Morgan fingerprint density at radius 3 is 2.56 bits per heavy atom. The van der Waals surface area contributed by atoms with E-state index in [9.17, 15) is 18.0 Å². The Labute approximate surface area is 168 Å². The molecule has 7 nitrogen and oxygen atoms in total. The summed E-state index contributed by atoms with van der Waals surface area (Å²) in [6.45, 7) is 3.70. The average molecular weight is 437 g/mol. The van der Waals surface area contributed by atoms with Gasteiger partial charge in [-0.3, -0.25) is 4.79 Å². The second-order valence-corrected chi connectivity index (χ2v) is 9.99. The van der Waals surface area contributed by atoms with E-state index in [1.807, 2.05) is 13.8 Å². The first kappa shape index (κ1) is 21.8. The molecule has 1 aliphatic heterocycles. The van der Waals surface area contributed by atoms with Crippen LogP contribution in [0.4, 0.5) is 5.69 Å². The van der Waals surface area contributed by atoms with E-state index >= 15 is 0 Å². The molecule has 0 aliphatic carbocycles. The van der Waals surface area contributed by atoms with E-state index in [1.165, 1.54) is 17.0 Å². The Hall–Kier alpha value is -1.51. The number of halogens is 2. The average Bonchev–Trinajstić information content (AvgIpc) is 2.92. The molecular weight excluding hydrogens is 415 g/mol. The number of benzene rings is 1. The molecule has 1 atom stereocenters. The van der Waals surface area contributed by atoms with E-state index in [0.717, 1.165) is 0 Å². The molecule has 0 radical (unpaired) electrons. The third-order valence-electron chi connectivity index (χ3n) is 4.17. The number of carbonyl (C=O) groups is 2. The molecular formula is C17H22Cl2N2O5S. The van der Waals surface area contributed by atoms with Crippen molar-refractivity contribution in [3.05, 3.63) is 27.7 Å². The molecule has 1 heterocycles. The standard InChI is InChI=1S/C17H22Cl2N2O5S/c1-10(2)7-21(12-3-4-27(24,25)9-12)15(22)8-26-17(23)13-5-11(18)6-14(19)16(13)20/h5-6,10,12H,3-4,7-9,20H2,1-2H3. The number of hydrogen-bond acceptors (Lipinski definition) is 6. The molecule has 1 amide bonds. The van der Waals surface area contributed by atoms with Crippen LogP contribution < -0.4 is 5.73 Å². The van der Waals surface area contributed by atoms with Crippen molar-refractivity contribution in [1.29, 1.82) is 0 Å². The first-order valence-corrected chi connectivity index (χ1v) is 11.0. The van der Waals surface area contributed by atoms with Gasteiger partial charge >= 0.3 is 5.97 Å². The van der Waals surface area contributed by atoms with Crippen LogP contribution >= 0.6 is 23.2 Å². The number of carbonyl (C=O) groups excluding carboxylic acids is 2. The van der Waals surface area contributed by atoms with E-state index < -0.39 is 34.4 Å². The summed E-state index contributed by atoms with van der Waals surface area (Å²) < 4.78 is 28.6. The van der Waals surface area contributed by atoms with Crippen molar-refractivity contribution in [1.82, 2.24) is 4.90 Å². The topological polar surface area (TPSA) is 107 Å². The van der Waals surface area contributed by atoms with Crippen LogP contribution in [-0.2, 0) is 19.4 Å². The van der Waals surface area contributed by atoms with Gasteiger partial charge in [0.25, 0.3) is 5.91 Å². The molecule has 27 heavy (non-hydrogen) atoms. The smallest absolute Gasteiger partial charge is 0.340 e. The van der Waals surface area contributed by atoms with Crippen LogP contribution in [0.5, 0.6) is 0 Å². The Bertz CT molecular complexity index is 842. The van der Waals surface area contributed by atoms with Crippen molar-refractivity contribution in [3.63, 3.8) is 0 Å². The van der Waals surface area contributed by atoms with Crippen LogP contribution in [0.1, 0.15) is 30.6 Å². The van der Waals surface area contributed by atoms with Crippen molar-refractivity contribution < 1.29 is 22.7 Å². The maximum atomic E-state index is 12.6. The Morgan fingerprint density at radius 1 is 1.33 bits per heavy atom. The maximum Gasteiger partial charge on any atom is 0.340 e. The molecule has 1 unspecified atom stereocenters. The number of hydrogen-bond donors (Lipinski definition) is 1. The molecule has 1 fully saturated rings. The van der Waals surface area contributed by atoms with Crippen LogP contribution in [0.15, 0.2) is 12.1 Å². The minimum atomic E-state index is -3.15. The number of rotatable bonds is 6.